The first-order valence-electron chi connectivity index (χ1n) is 9.87. The van der Waals surface area contributed by atoms with Gasteiger partial charge in [-0.3, -0.25) is 5.01 Å². The van der Waals surface area contributed by atoms with Gasteiger partial charge >= 0.3 is 6.09 Å². The van der Waals surface area contributed by atoms with Gasteiger partial charge in [0.2, 0.25) is 0 Å². The number of amides is 1. The van der Waals surface area contributed by atoms with Gasteiger partial charge in [0.15, 0.2) is 0 Å². The number of nitrogens with one attached hydrogen (secondary N) is 1. The Balaban J connectivity index is 2.34. The number of hydrogen-bond acceptors (Lipinski definition) is 6. The molecule has 0 saturated carbocycles. The number of hydrazone groups is 1. The molecule has 0 bridgehead atoms. The zero-order valence-corrected chi connectivity index (χ0v) is 15.4. The van der Waals surface area contributed by atoms with Crippen molar-refractivity contribution in [2.75, 3.05) is 6.98 Å². The van der Waals surface area contributed by atoms with E-state index in [-0.39, 0.29) is 0 Å². The Morgan fingerprint density at radius 1 is 1.58 bits per heavy atom. The molecule has 142 valence electrons. The monoisotopic (exact) mass is 362 g/mol. The topological polar surface area (TPSA) is 106 Å². The van der Waals surface area contributed by atoms with E-state index >= 15 is 0 Å². The average Bonchev–Trinajstić information content (AvgIpc) is 2.88. The van der Waals surface area contributed by atoms with Crippen molar-refractivity contribution in [1.82, 2.24) is 10.3 Å². The molecule has 7 heteroatoms. The number of nitrogens with zero attached hydrogens (tertiary/aromatic N) is 2. The maximum absolute atomic E-state index is 12.2. The minimum absolute atomic E-state index is 0.421. The van der Waals surface area contributed by atoms with Gasteiger partial charge in [0, 0.05) is 11.1 Å². The highest BCUT2D eigenvalue weighted by molar-refractivity contribution is 5.73. The molecule has 5 N–H and O–H groups in total. The van der Waals surface area contributed by atoms with Crippen molar-refractivity contribution in [3.05, 3.63) is 48.0 Å². The second-order valence-electron chi connectivity index (χ2n) is 7.38. The quantitative estimate of drug-likeness (QED) is 0.551. The second-order valence-corrected chi connectivity index (χ2v) is 7.38. The molecule has 0 aliphatic carbocycles. The Labute approximate surface area is 159 Å². The fourth-order valence-electron chi connectivity index (χ4n) is 2.78. The lowest BCUT2D eigenvalue weighted by atomic mass is 9.92. The zero-order valence-electron chi connectivity index (χ0n) is 18.4. The summed E-state index contributed by atoms with van der Waals surface area (Å²) in [5.74, 6) is 0. The summed E-state index contributed by atoms with van der Waals surface area (Å²) in [5, 5.41) is 7.65. The lowest BCUT2D eigenvalue weighted by molar-refractivity contribution is 0.0504. The van der Waals surface area contributed by atoms with Crippen molar-refractivity contribution in [3.8, 4) is 0 Å². The summed E-state index contributed by atoms with van der Waals surface area (Å²) in [4.78, 5) is 12.2. The van der Waals surface area contributed by atoms with Crippen LogP contribution in [0.2, 0.25) is 0 Å². The molecule has 0 aromatic heterocycles. The highest BCUT2D eigenvalue weighted by atomic mass is 16.6. The summed E-state index contributed by atoms with van der Waals surface area (Å²) >= 11 is 0. The Morgan fingerprint density at radius 2 is 2.31 bits per heavy atom. The molecule has 1 aliphatic rings. The van der Waals surface area contributed by atoms with Crippen LogP contribution in [0.15, 0.2) is 42.0 Å². The standard InChI is InChI=1S/C19H29N5O2/c1-6-8-15(23-17(25)26-18(2,3)4)13-9-7-10-14(11-13)16-19(20,21)12-22-24(16)5/h6-7,9-12,15-16H,1,8,20-21H2,2-5H3,(H,23,25)/t15-,16?/m0/s1/i5D3. The van der Waals surface area contributed by atoms with Crippen molar-refractivity contribution >= 4 is 12.3 Å². The first-order valence-corrected chi connectivity index (χ1v) is 8.37. The summed E-state index contributed by atoms with van der Waals surface area (Å²) in [6, 6.07) is 5.76. The minimum atomic E-state index is -2.51. The molecule has 0 fully saturated rings. The fourth-order valence-corrected chi connectivity index (χ4v) is 2.78. The van der Waals surface area contributed by atoms with Crippen molar-refractivity contribution in [2.45, 2.75) is 50.5 Å². The fraction of sp³-hybridized carbons (Fsp3) is 0.474. The van der Waals surface area contributed by atoms with Crippen molar-refractivity contribution in [1.29, 1.82) is 0 Å². The van der Waals surface area contributed by atoms with Crippen LogP contribution in [0, 0.1) is 0 Å². The maximum Gasteiger partial charge on any atom is 0.408 e. The number of benzene rings is 1. The molecule has 2 rings (SSSR count). The zero-order chi connectivity index (χ0) is 22.0. The largest absolute Gasteiger partial charge is 0.444 e. The molecule has 1 aliphatic heterocycles. The molecular weight excluding hydrogens is 330 g/mol. The van der Waals surface area contributed by atoms with E-state index in [4.69, 9.17) is 20.3 Å². The van der Waals surface area contributed by atoms with Crippen LogP contribution in [0.4, 0.5) is 4.79 Å². The normalized spacial score (nSPS) is 22.1. The molecular formula is C19H29N5O2. The van der Waals surface area contributed by atoms with E-state index in [1.165, 1.54) is 6.21 Å². The maximum atomic E-state index is 12.2. The van der Waals surface area contributed by atoms with E-state index in [2.05, 4.69) is 17.0 Å². The number of rotatable bonds is 5. The number of nitrogens with two attached hydrogens (primary N) is 2. The number of ether oxygens (including phenoxy) is 1. The Kier molecular flexibility index (Phi) is 4.55. The van der Waals surface area contributed by atoms with E-state index in [1.807, 2.05) is 6.07 Å². The minimum Gasteiger partial charge on any atom is -0.444 e. The number of hydrogen-bond donors (Lipinski definition) is 3. The molecule has 26 heavy (non-hydrogen) atoms. The number of carbonyl (C=O) groups is 1. The van der Waals surface area contributed by atoms with Gasteiger partial charge in [-0.1, -0.05) is 30.3 Å². The summed E-state index contributed by atoms with van der Waals surface area (Å²) in [7, 11) is 0. The van der Waals surface area contributed by atoms with Crippen LogP contribution >= 0.6 is 0 Å². The van der Waals surface area contributed by atoms with Crippen LogP contribution in [0.5, 0.6) is 0 Å². The first kappa shape index (κ1) is 15.8. The van der Waals surface area contributed by atoms with Gasteiger partial charge in [-0.2, -0.15) is 5.10 Å². The highest BCUT2D eigenvalue weighted by Crippen LogP contribution is 2.32. The summed E-state index contributed by atoms with van der Waals surface area (Å²) < 4.78 is 28.5. The van der Waals surface area contributed by atoms with Gasteiger partial charge in [-0.05, 0) is 38.3 Å². The molecule has 2 atom stereocenters. The molecule has 1 amide bonds. The van der Waals surface area contributed by atoms with Crippen LogP contribution in [-0.2, 0) is 4.74 Å². The van der Waals surface area contributed by atoms with Gasteiger partial charge in [-0.25, -0.2) is 4.79 Å². The van der Waals surface area contributed by atoms with Crippen LogP contribution < -0.4 is 16.8 Å². The van der Waals surface area contributed by atoms with Crippen molar-refractivity contribution in [2.24, 2.45) is 16.6 Å². The molecule has 1 unspecified atom stereocenters. The van der Waals surface area contributed by atoms with E-state index in [9.17, 15) is 4.79 Å². The Hall–Kier alpha value is -2.38. The van der Waals surface area contributed by atoms with E-state index in [0.29, 0.717) is 12.0 Å². The Morgan fingerprint density at radius 3 is 2.92 bits per heavy atom. The molecule has 7 nitrogen and oxygen atoms in total. The number of likely N-dealkylation sites (N-methyl/N-ethyl adjacent to an activating group) is 1. The van der Waals surface area contributed by atoms with Gasteiger partial charge in [0.1, 0.15) is 17.3 Å². The highest BCUT2D eigenvalue weighted by Gasteiger charge is 2.38. The van der Waals surface area contributed by atoms with E-state index in [0.717, 1.165) is 10.6 Å². The Bertz CT molecular complexity index is 787. The molecule has 1 aromatic rings. The third-order valence-corrected chi connectivity index (χ3v) is 3.85. The van der Waals surface area contributed by atoms with Gasteiger partial charge < -0.3 is 21.5 Å². The van der Waals surface area contributed by atoms with E-state index < -0.39 is 36.4 Å². The summed E-state index contributed by atoms with van der Waals surface area (Å²) in [6.45, 7) is 6.57. The molecule has 0 saturated heterocycles. The third kappa shape index (κ3) is 4.83. The predicted molar refractivity (Wildman–Crippen MR) is 103 cm³/mol. The summed E-state index contributed by atoms with van der Waals surface area (Å²) in [6.07, 6.45) is 2.80. The predicted octanol–water partition coefficient (Wildman–Crippen LogP) is 2.41. The van der Waals surface area contributed by atoms with Gasteiger partial charge in [0.05, 0.1) is 12.3 Å². The van der Waals surface area contributed by atoms with Crippen molar-refractivity contribution in [3.63, 3.8) is 0 Å². The molecule has 1 heterocycles. The number of carbonyl (C=O) groups excluding carboxylic acids is 1. The second kappa shape index (κ2) is 7.47. The van der Waals surface area contributed by atoms with Crippen LogP contribution in [-0.4, -0.2) is 35.6 Å². The SMILES string of the molecule is [2H]C([2H])([2H])N1N=CC(N)(N)C1c1cccc([C@H](CC=C)NC(=O)OC(C)(C)C)c1. The summed E-state index contributed by atoms with van der Waals surface area (Å²) in [5.41, 5.74) is 11.4. The smallest absolute Gasteiger partial charge is 0.408 e. The van der Waals surface area contributed by atoms with Crippen LogP contribution in [0.3, 0.4) is 0 Å². The van der Waals surface area contributed by atoms with Gasteiger partial charge in [0.25, 0.3) is 0 Å². The third-order valence-electron chi connectivity index (χ3n) is 3.85. The molecule has 0 radical (unpaired) electrons. The van der Waals surface area contributed by atoms with Crippen molar-refractivity contribution < 1.29 is 13.6 Å². The van der Waals surface area contributed by atoms with Crippen LogP contribution in [0.1, 0.15) is 54.5 Å². The average molecular weight is 362 g/mol. The van der Waals surface area contributed by atoms with E-state index in [1.54, 1.807) is 45.0 Å². The first-order chi connectivity index (χ1) is 13.2. The number of alkyl carbamates (subject to hydrolysis) is 1. The molecule has 1 aromatic carbocycles. The lowest BCUT2D eigenvalue weighted by Gasteiger charge is -2.30. The lowest BCUT2D eigenvalue weighted by Crippen LogP contribution is -2.55. The van der Waals surface area contributed by atoms with Gasteiger partial charge in [-0.15, -0.1) is 6.58 Å². The van der Waals surface area contributed by atoms with Crippen LogP contribution in [0.25, 0.3) is 0 Å². The molecule has 0 spiro atoms.